The number of ether oxygens (including phenoxy) is 2. The predicted molar refractivity (Wildman–Crippen MR) is 116 cm³/mol. The van der Waals surface area contributed by atoms with Gasteiger partial charge in [0.25, 0.3) is 11.8 Å². The summed E-state index contributed by atoms with van der Waals surface area (Å²) >= 11 is 0. The average molecular weight is 423 g/mol. The Kier molecular flexibility index (Phi) is 5.28. The summed E-state index contributed by atoms with van der Waals surface area (Å²) in [6.07, 6.45) is 0.301. The van der Waals surface area contributed by atoms with E-state index in [9.17, 15) is 9.59 Å². The van der Waals surface area contributed by atoms with Crippen LogP contribution >= 0.6 is 0 Å². The second kappa shape index (κ2) is 8.23. The molecular weight excluding hydrogens is 394 g/mol. The van der Waals surface area contributed by atoms with Crippen LogP contribution in [0.25, 0.3) is 0 Å². The number of amides is 2. The minimum absolute atomic E-state index is 0.0407. The van der Waals surface area contributed by atoms with Crippen molar-refractivity contribution in [1.29, 1.82) is 0 Å². The molecule has 0 aromatic heterocycles. The van der Waals surface area contributed by atoms with E-state index in [0.29, 0.717) is 24.6 Å². The molecular formula is C24H28N3O4+. The highest BCUT2D eigenvalue weighted by Crippen LogP contribution is 2.31. The molecule has 7 heteroatoms. The number of piperazine rings is 1. The van der Waals surface area contributed by atoms with Crippen LogP contribution in [0.3, 0.4) is 0 Å². The number of rotatable bonds is 3. The standard InChI is InChI=1S/C24H27N3O4/c1-17(23(28)27-11-10-18-6-2-3-7-19(18)27)25-12-14-26(15-13-25)24(29)22-16-30-20-8-4-5-9-21(20)31-22/h2-9,17,22H,10-16H2,1H3/p+1/t17-,22-/m0/s1. The van der Waals surface area contributed by atoms with Crippen LogP contribution in [0.2, 0.25) is 0 Å². The zero-order chi connectivity index (χ0) is 21.4. The predicted octanol–water partition coefficient (Wildman–Crippen LogP) is 0.531. The molecule has 162 valence electrons. The number of nitrogens with zero attached hydrogens (tertiary/aromatic N) is 2. The lowest BCUT2D eigenvalue weighted by Gasteiger charge is -2.37. The van der Waals surface area contributed by atoms with Gasteiger partial charge in [0.1, 0.15) is 6.61 Å². The van der Waals surface area contributed by atoms with Gasteiger partial charge in [0.2, 0.25) is 6.10 Å². The molecule has 3 heterocycles. The van der Waals surface area contributed by atoms with Gasteiger partial charge in [-0.05, 0) is 37.1 Å². The van der Waals surface area contributed by atoms with Crippen molar-refractivity contribution in [2.75, 3.05) is 44.2 Å². The molecule has 1 saturated heterocycles. The van der Waals surface area contributed by atoms with E-state index in [4.69, 9.17) is 9.47 Å². The lowest BCUT2D eigenvalue weighted by Crippen LogP contribution is -3.19. The Bertz CT molecular complexity index is 986. The molecule has 2 aromatic rings. The van der Waals surface area contributed by atoms with E-state index in [1.54, 1.807) is 0 Å². The summed E-state index contributed by atoms with van der Waals surface area (Å²) in [5.74, 6) is 1.42. The van der Waals surface area contributed by atoms with Crippen LogP contribution in [0.15, 0.2) is 48.5 Å². The molecule has 5 rings (SSSR count). The fraction of sp³-hybridized carbons (Fsp3) is 0.417. The summed E-state index contributed by atoms with van der Waals surface area (Å²) in [6, 6.07) is 15.4. The van der Waals surface area contributed by atoms with E-state index in [1.165, 1.54) is 10.5 Å². The number of fused-ring (bicyclic) bond motifs is 2. The molecule has 31 heavy (non-hydrogen) atoms. The van der Waals surface area contributed by atoms with Crippen molar-refractivity contribution in [1.82, 2.24) is 4.90 Å². The van der Waals surface area contributed by atoms with Crippen LogP contribution in [0.4, 0.5) is 5.69 Å². The second-order valence-electron chi connectivity index (χ2n) is 8.44. The second-order valence-corrected chi connectivity index (χ2v) is 8.44. The molecule has 1 N–H and O–H groups in total. The summed E-state index contributed by atoms with van der Waals surface area (Å²) in [6.45, 7) is 5.71. The third-order valence-electron chi connectivity index (χ3n) is 6.64. The molecule has 1 fully saturated rings. The molecule has 0 aliphatic carbocycles. The van der Waals surface area contributed by atoms with Gasteiger partial charge < -0.3 is 24.2 Å². The minimum atomic E-state index is -0.614. The number of carbonyl (C=O) groups is 2. The first kappa shape index (κ1) is 19.9. The Labute approximate surface area is 182 Å². The smallest absolute Gasteiger partial charge is 0.284 e. The Balaban J connectivity index is 1.17. The topological polar surface area (TPSA) is 63.5 Å². The van der Waals surface area contributed by atoms with E-state index in [-0.39, 0.29) is 24.5 Å². The SMILES string of the molecule is C[C@@H](C(=O)N1CCc2ccccc21)[NH+]1CCN(C(=O)[C@@H]2COc3ccccc3O2)CC1. The highest BCUT2D eigenvalue weighted by Gasteiger charge is 2.38. The van der Waals surface area contributed by atoms with Gasteiger partial charge >= 0.3 is 0 Å². The van der Waals surface area contributed by atoms with Gasteiger partial charge in [-0.2, -0.15) is 0 Å². The van der Waals surface area contributed by atoms with Crippen LogP contribution in [0.5, 0.6) is 11.5 Å². The number of para-hydroxylation sites is 3. The quantitative estimate of drug-likeness (QED) is 0.784. The van der Waals surface area contributed by atoms with Crippen LogP contribution in [0.1, 0.15) is 12.5 Å². The number of nitrogens with one attached hydrogen (secondary N) is 1. The summed E-state index contributed by atoms with van der Waals surface area (Å²) in [7, 11) is 0. The maximum Gasteiger partial charge on any atom is 0.284 e. The third-order valence-corrected chi connectivity index (χ3v) is 6.64. The number of hydrogen-bond acceptors (Lipinski definition) is 4. The highest BCUT2D eigenvalue weighted by atomic mass is 16.6. The van der Waals surface area contributed by atoms with Gasteiger partial charge in [0.15, 0.2) is 17.5 Å². The van der Waals surface area contributed by atoms with Crippen molar-refractivity contribution >= 4 is 17.5 Å². The van der Waals surface area contributed by atoms with E-state index >= 15 is 0 Å². The molecule has 3 aliphatic rings. The zero-order valence-electron chi connectivity index (χ0n) is 17.8. The van der Waals surface area contributed by atoms with Crippen molar-refractivity contribution in [3.8, 4) is 11.5 Å². The molecule has 0 saturated carbocycles. The number of hydrogen-bond donors (Lipinski definition) is 1. The summed E-state index contributed by atoms with van der Waals surface area (Å²) < 4.78 is 11.6. The third kappa shape index (κ3) is 3.74. The van der Waals surface area contributed by atoms with Crippen molar-refractivity contribution in [2.24, 2.45) is 0 Å². The maximum atomic E-state index is 13.2. The summed E-state index contributed by atoms with van der Waals surface area (Å²) in [5, 5.41) is 0. The largest absolute Gasteiger partial charge is 0.485 e. The van der Waals surface area contributed by atoms with Crippen molar-refractivity contribution in [3.63, 3.8) is 0 Å². The Morgan fingerprint density at radius 1 is 1.00 bits per heavy atom. The Morgan fingerprint density at radius 2 is 1.71 bits per heavy atom. The molecule has 0 radical (unpaired) electrons. The Hall–Kier alpha value is -3.06. The molecule has 0 unspecified atom stereocenters. The minimum Gasteiger partial charge on any atom is -0.485 e. The number of quaternary nitrogens is 1. The molecule has 0 bridgehead atoms. The van der Waals surface area contributed by atoms with Crippen molar-refractivity contribution in [2.45, 2.75) is 25.5 Å². The number of benzene rings is 2. The van der Waals surface area contributed by atoms with E-state index in [2.05, 4.69) is 6.07 Å². The van der Waals surface area contributed by atoms with Gasteiger partial charge in [-0.1, -0.05) is 30.3 Å². The molecule has 2 atom stereocenters. The first-order chi connectivity index (χ1) is 15.1. The van der Waals surface area contributed by atoms with Crippen molar-refractivity contribution in [3.05, 3.63) is 54.1 Å². The highest BCUT2D eigenvalue weighted by molar-refractivity contribution is 5.98. The Morgan fingerprint density at radius 3 is 2.52 bits per heavy atom. The van der Waals surface area contributed by atoms with Crippen LogP contribution in [0, 0.1) is 0 Å². The lowest BCUT2D eigenvalue weighted by molar-refractivity contribution is -0.917. The fourth-order valence-electron chi connectivity index (χ4n) is 4.77. The molecule has 2 aromatic carbocycles. The van der Waals surface area contributed by atoms with Gasteiger partial charge in [0, 0.05) is 12.2 Å². The van der Waals surface area contributed by atoms with Gasteiger partial charge in [0.05, 0.1) is 26.2 Å². The summed E-state index contributed by atoms with van der Waals surface area (Å²) in [5.41, 5.74) is 2.28. The van der Waals surface area contributed by atoms with E-state index in [0.717, 1.165) is 31.7 Å². The van der Waals surface area contributed by atoms with Crippen LogP contribution < -0.4 is 19.3 Å². The lowest BCUT2D eigenvalue weighted by atomic mass is 10.1. The zero-order valence-corrected chi connectivity index (χ0v) is 17.8. The van der Waals surface area contributed by atoms with Gasteiger partial charge in [-0.25, -0.2) is 0 Å². The first-order valence-corrected chi connectivity index (χ1v) is 11.0. The van der Waals surface area contributed by atoms with Crippen LogP contribution in [-0.4, -0.2) is 68.2 Å². The van der Waals surface area contributed by atoms with E-state index < -0.39 is 6.10 Å². The average Bonchev–Trinajstić information content (AvgIpc) is 3.26. The van der Waals surface area contributed by atoms with Gasteiger partial charge in [-0.3, -0.25) is 9.59 Å². The van der Waals surface area contributed by atoms with E-state index in [1.807, 2.05) is 59.2 Å². The maximum absolute atomic E-state index is 13.2. The van der Waals surface area contributed by atoms with Crippen LogP contribution in [-0.2, 0) is 16.0 Å². The molecule has 3 aliphatic heterocycles. The number of carbonyl (C=O) groups excluding carboxylic acids is 2. The van der Waals surface area contributed by atoms with Gasteiger partial charge in [-0.15, -0.1) is 0 Å². The summed E-state index contributed by atoms with van der Waals surface area (Å²) in [4.78, 5) is 31.1. The first-order valence-electron chi connectivity index (χ1n) is 11.0. The molecule has 2 amide bonds. The monoisotopic (exact) mass is 422 g/mol. The molecule has 7 nitrogen and oxygen atoms in total. The normalized spacial score (nSPS) is 21.5. The fourth-order valence-corrected chi connectivity index (χ4v) is 4.77. The van der Waals surface area contributed by atoms with Crippen molar-refractivity contribution < 1.29 is 24.0 Å². The number of anilines is 1. The molecule has 0 spiro atoms.